The van der Waals surface area contributed by atoms with Crippen LogP contribution >= 0.6 is 33.4 Å². The number of hydrogen-bond acceptors (Lipinski definition) is 3. The van der Waals surface area contributed by atoms with Gasteiger partial charge in [0.25, 0.3) is 0 Å². The molecule has 6 heteroatoms. The van der Waals surface area contributed by atoms with E-state index in [-0.39, 0.29) is 24.8 Å². The highest BCUT2D eigenvalue weighted by molar-refractivity contribution is 7.39. The summed E-state index contributed by atoms with van der Waals surface area (Å²) in [6.45, 7) is 4.73. The summed E-state index contributed by atoms with van der Waals surface area (Å²) in [6, 6.07) is 0. The molecular formula is C8H21Cl2O3P. The third-order valence-electron chi connectivity index (χ3n) is 1.97. The lowest BCUT2D eigenvalue weighted by Crippen LogP contribution is -2.06. The van der Waals surface area contributed by atoms with Gasteiger partial charge < -0.3 is 14.3 Å². The molecule has 0 bridgehead atoms. The predicted molar refractivity (Wildman–Crippen MR) is 65.1 cm³/mol. The van der Waals surface area contributed by atoms with E-state index in [1.54, 1.807) is 0 Å². The average Bonchev–Trinajstić information content (AvgIpc) is 2.05. The van der Waals surface area contributed by atoms with Crippen molar-refractivity contribution in [1.82, 2.24) is 0 Å². The van der Waals surface area contributed by atoms with Gasteiger partial charge in [0.1, 0.15) is 0 Å². The average molecular weight is 267 g/mol. The molecule has 0 fully saturated rings. The van der Waals surface area contributed by atoms with E-state index in [0.29, 0.717) is 12.5 Å². The van der Waals surface area contributed by atoms with Gasteiger partial charge in [0.2, 0.25) is 0 Å². The molecule has 0 aromatic heterocycles. The molecule has 1 unspecified atom stereocenters. The maximum atomic E-state index is 8.52. The zero-order valence-electron chi connectivity index (χ0n) is 8.68. The Morgan fingerprint density at radius 2 is 1.79 bits per heavy atom. The van der Waals surface area contributed by atoms with Gasteiger partial charge in [0, 0.05) is 0 Å². The van der Waals surface area contributed by atoms with Crippen LogP contribution in [0.4, 0.5) is 0 Å². The van der Waals surface area contributed by atoms with Gasteiger partial charge in [0.05, 0.1) is 6.61 Å². The van der Waals surface area contributed by atoms with Gasteiger partial charge in [-0.1, -0.05) is 33.1 Å². The molecule has 0 saturated carbocycles. The molecule has 0 aliphatic rings. The smallest absolute Gasteiger partial charge is 0.327 e. The predicted octanol–water partition coefficient (Wildman–Crippen LogP) is 3.27. The summed E-state index contributed by atoms with van der Waals surface area (Å²) in [6.07, 6.45) is 4.54. The first-order valence-corrected chi connectivity index (χ1v) is 5.68. The maximum absolute atomic E-state index is 8.52. The Balaban J connectivity index is -0.000000605. The lowest BCUT2D eigenvalue weighted by Gasteiger charge is -2.14. The van der Waals surface area contributed by atoms with E-state index in [9.17, 15) is 0 Å². The second-order valence-electron chi connectivity index (χ2n) is 2.97. The monoisotopic (exact) mass is 266 g/mol. The number of halogens is 2. The first-order valence-electron chi connectivity index (χ1n) is 4.51. The Kier molecular flexibility index (Phi) is 20.2. The van der Waals surface area contributed by atoms with Crippen molar-refractivity contribution in [2.75, 3.05) is 6.61 Å². The fourth-order valence-electron chi connectivity index (χ4n) is 1.07. The first kappa shape index (κ1) is 20.3. The molecule has 90 valence electrons. The zero-order chi connectivity index (χ0) is 9.40. The fraction of sp³-hybridized carbons (Fsp3) is 1.00. The summed E-state index contributed by atoms with van der Waals surface area (Å²) >= 11 is 0. The van der Waals surface area contributed by atoms with Crippen molar-refractivity contribution in [3.63, 3.8) is 0 Å². The van der Waals surface area contributed by atoms with Crippen LogP contribution in [0.15, 0.2) is 0 Å². The standard InChI is InChI=1S/C8H19O3P.2ClH/c1-3-5-6-8(4-2)7-11-12(9)10;;/h8-10H,3-7H2,1-2H3;2*1H. The molecule has 0 rings (SSSR count). The molecule has 0 aromatic carbocycles. The zero-order valence-corrected chi connectivity index (χ0v) is 11.2. The van der Waals surface area contributed by atoms with Gasteiger partial charge in [-0.3, -0.25) is 0 Å². The van der Waals surface area contributed by atoms with Crippen LogP contribution in [-0.2, 0) is 4.52 Å². The third kappa shape index (κ3) is 12.9. The van der Waals surface area contributed by atoms with Crippen LogP contribution in [0, 0.1) is 5.92 Å². The van der Waals surface area contributed by atoms with E-state index >= 15 is 0 Å². The minimum atomic E-state index is -2.15. The highest BCUT2D eigenvalue weighted by atomic mass is 35.5. The Bertz CT molecular complexity index is 107. The highest BCUT2D eigenvalue weighted by Gasteiger charge is 2.08. The molecule has 0 spiro atoms. The van der Waals surface area contributed by atoms with Crippen LogP contribution < -0.4 is 0 Å². The molecule has 0 amide bonds. The lowest BCUT2D eigenvalue weighted by atomic mass is 10.0. The van der Waals surface area contributed by atoms with Crippen molar-refractivity contribution in [2.24, 2.45) is 5.92 Å². The Hall–Kier alpha value is 0.890. The molecule has 0 radical (unpaired) electrons. The second-order valence-corrected chi connectivity index (χ2v) is 3.73. The van der Waals surface area contributed by atoms with Crippen molar-refractivity contribution in [3.8, 4) is 0 Å². The lowest BCUT2D eigenvalue weighted by molar-refractivity contribution is 0.201. The molecule has 3 nitrogen and oxygen atoms in total. The molecule has 2 N–H and O–H groups in total. The van der Waals surface area contributed by atoms with Gasteiger partial charge in [-0.15, -0.1) is 24.8 Å². The van der Waals surface area contributed by atoms with E-state index < -0.39 is 8.60 Å². The van der Waals surface area contributed by atoms with E-state index in [2.05, 4.69) is 13.8 Å². The quantitative estimate of drug-likeness (QED) is 0.696. The Morgan fingerprint density at radius 1 is 1.21 bits per heavy atom. The van der Waals surface area contributed by atoms with E-state index in [0.717, 1.165) is 12.8 Å². The summed E-state index contributed by atoms with van der Waals surface area (Å²) in [4.78, 5) is 17.0. The van der Waals surface area contributed by atoms with Gasteiger partial charge in [0.15, 0.2) is 0 Å². The Morgan fingerprint density at radius 3 is 2.14 bits per heavy atom. The summed E-state index contributed by atoms with van der Waals surface area (Å²) in [5.74, 6) is 0.481. The van der Waals surface area contributed by atoms with Crippen LogP contribution in [0.5, 0.6) is 0 Å². The third-order valence-corrected chi connectivity index (χ3v) is 2.35. The molecule has 0 aliphatic heterocycles. The van der Waals surface area contributed by atoms with Gasteiger partial charge in [-0.25, -0.2) is 0 Å². The second kappa shape index (κ2) is 13.9. The van der Waals surface area contributed by atoms with Crippen molar-refractivity contribution >= 4 is 33.4 Å². The molecular weight excluding hydrogens is 246 g/mol. The summed E-state index contributed by atoms with van der Waals surface area (Å²) in [5.41, 5.74) is 0. The SMILES string of the molecule is CCCCC(CC)COP(O)O.Cl.Cl. The largest absolute Gasteiger partial charge is 0.328 e. The van der Waals surface area contributed by atoms with Crippen molar-refractivity contribution in [3.05, 3.63) is 0 Å². The number of unbranched alkanes of at least 4 members (excludes halogenated alkanes) is 1. The first-order chi connectivity index (χ1) is 5.70. The van der Waals surface area contributed by atoms with E-state index in [1.807, 2.05) is 0 Å². The van der Waals surface area contributed by atoms with E-state index in [1.165, 1.54) is 12.8 Å². The minimum Gasteiger partial charge on any atom is -0.328 e. The van der Waals surface area contributed by atoms with Crippen molar-refractivity contribution in [1.29, 1.82) is 0 Å². The summed E-state index contributed by atoms with van der Waals surface area (Å²) in [7, 11) is -2.15. The van der Waals surface area contributed by atoms with Crippen LogP contribution in [0.3, 0.4) is 0 Å². The van der Waals surface area contributed by atoms with Crippen molar-refractivity contribution < 1.29 is 14.3 Å². The van der Waals surface area contributed by atoms with Gasteiger partial charge >= 0.3 is 8.60 Å². The van der Waals surface area contributed by atoms with Crippen LogP contribution in [0.1, 0.15) is 39.5 Å². The van der Waals surface area contributed by atoms with Crippen LogP contribution in [0.25, 0.3) is 0 Å². The molecule has 0 heterocycles. The van der Waals surface area contributed by atoms with Crippen molar-refractivity contribution in [2.45, 2.75) is 39.5 Å². The van der Waals surface area contributed by atoms with E-state index in [4.69, 9.17) is 14.3 Å². The van der Waals surface area contributed by atoms with Crippen LogP contribution in [-0.4, -0.2) is 16.4 Å². The van der Waals surface area contributed by atoms with Gasteiger partial charge in [-0.2, -0.15) is 0 Å². The molecule has 14 heavy (non-hydrogen) atoms. The highest BCUT2D eigenvalue weighted by Crippen LogP contribution is 2.27. The minimum absolute atomic E-state index is 0. The summed E-state index contributed by atoms with van der Waals surface area (Å²) < 4.78 is 4.77. The number of rotatable bonds is 7. The summed E-state index contributed by atoms with van der Waals surface area (Å²) in [5, 5.41) is 0. The molecule has 1 atom stereocenters. The fourth-order valence-corrected chi connectivity index (χ4v) is 1.41. The van der Waals surface area contributed by atoms with Crippen LogP contribution in [0.2, 0.25) is 0 Å². The molecule has 0 aliphatic carbocycles. The van der Waals surface area contributed by atoms with Gasteiger partial charge in [-0.05, 0) is 12.3 Å². The number of hydrogen-bond donors (Lipinski definition) is 2. The molecule has 0 aromatic rings. The molecule has 0 saturated heterocycles. The topological polar surface area (TPSA) is 49.7 Å². The maximum Gasteiger partial charge on any atom is 0.327 e. The normalized spacial score (nSPS) is 11.8. The Labute approximate surface area is 100 Å².